The molecule has 0 bridgehead atoms. The Balaban J connectivity index is 3.36. The molecule has 0 fully saturated rings. The van der Waals surface area contributed by atoms with Gasteiger partial charge in [-0.25, -0.2) is 0 Å². The number of rotatable bonds is 3. The summed E-state index contributed by atoms with van der Waals surface area (Å²) in [7, 11) is 0.778. The predicted molar refractivity (Wildman–Crippen MR) is 49.4 cm³/mol. The van der Waals surface area contributed by atoms with Crippen molar-refractivity contribution >= 4 is 0 Å². The molecule has 1 aromatic carbocycles. The summed E-state index contributed by atoms with van der Waals surface area (Å²) in [6, 6.07) is 6.48. The molecule has 1 aromatic rings. The molecule has 0 saturated heterocycles. The van der Waals surface area contributed by atoms with Crippen LogP contribution in [0, 0.1) is 0 Å². The number of ether oxygens (including phenoxy) is 1. The van der Waals surface area contributed by atoms with Crippen LogP contribution in [0.25, 0.3) is 0 Å². The van der Waals surface area contributed by atoms with Crippen LogP contribution in [-0.2, 0) is 10.3 Å². The van der Waals surface area contributed by atoms with Gasteiger partial charge in [-0.1, -0.05) is 30.3 Å². The average Bonchev–Trinajstić information content (AvgIpc) is 2.18. The fraction of sp³-hybridized carbons (Fsp3) is 0.400. The van der Waals surface area contributed by atoms with E-state index in [1.165, 1.54) is 18.2 Å². The molecular formula is C10H11F3O3. The summed E-state index contributed by atoms with van der Waals surface area (Å²) in [5, 5.41) is 17.9. The number of aliphatic hydroxyl groups is 2. The molecular weight excluding hydrogens is 225 g/mol. The van der Waals surface area contributed by atoms with Crippen LogP contribution in [0.1, 0.15) is 5.56 Å². The topological polar surface area (TPSA) is 49.7 Å². The van der Waals surface area contributed by atoms with Gasteiger partial charge in [0.25, 0.3) is 0 Å². The van der Waals surface area contributed by atoms with E-state index in [9.17, 15) is 13.2 Å². The number of hydrogen-bond acceptors (Lipinski definition) is 3. The first-order valence-corrected chi connectivity index (χ1v) is 4.40. The molecule has 1 rings (SSSR count). The van der Waals surface area contributed by atoms with Crippen LogP contribution in [0.2, 0.25) is 0 Å². The molecule has 0 saturated carbocycles. The molecule has 0 aliphatic heterocycles. The molecule has 0 amide bonds. The van der Waals surface area contributed by atoms with Gasteiger partial charge >= 0.3 is 6.18 Å². The molecule has 0 aliphatic rings. The number of aliphatic hydroxyl groups excluding tert-OH is 1. The third-order valence-corrected chi connectivity index (χ3v) is 2.31. The van der Waals surface area contributed by atoms with Gasteiger partial charge < -0.3 is 14.9 Å². The number of halogens is 3. The Hall–Kier alpha value is -1.11. The molecule has 6 heteroatoms. The number of hydrogen-bond donors (Lipinski definition) is 2. The molecule has 0 unspecified atom stereocenters. The number of methoxy groups -OCH3 is 1. The van der Waals surface area contributed by atoms with Gasteiger partial charge in [0.15, 0.2) is 6.29 Å². The molecule has 2 N–H and O–H groups in total. The Morgan fingerprint density at radius 1 is 1.12 bits per heavy atom. The highest BCUT2D eigenvalue weighted by Gasteiger charge is 2.61. The Morgan fingerprint density at radius 2 is 1.62 bits per heavy atom. The lowest BCUT2D eigenvalue weighted by Crippen LogP contribution is -2.53. The molecule has 16 heavy (non-hydrogen) atoms. The van der Waals surface area contributed by atoms with E-state index in [1.807, 2.05) is 0 Å². The second kappa shape index (κ2) is 4.40. The lowest BCUT2D eigenvalue weighted by atomic mass is 9.92. The van der Waals surface area contributed by atoms with Crippen molar-refractivity contribution in [3.05, 3.63) is 35.9 Å². The first-order chi connectivity index (χ1) is 7.36. The molecule has 0 radical (unpaired) electrons. The van der Waals surface area contributed by atoms with Crippen molar-refractivity contribution in [1.82, 2.24) is 0 Å². The van der Waals surface area contributed by atoms with E-state index in [4.69, 9.17) is 10.2 Å². The summed E-state index contributed by atoms with van der Waals surface area (Å²) < 4.78 is 42.9. The van der Waals surface area contributed by atoms with Crippen LogP contribution in [0.15, 0.2) is 30.3 Å². The zero-order valence-electron chi connectivity index (χ0n) is 8.40. The van der Waals surface area contributed by atoms with E-state index in [-0.39, 0.29) is 5.56 Å². The van der Waals surface area contributed by atoms with E-state index < -0.39 is 18.1 Å². The molecule has 90 valence electrons. The number of alkyl halides is 3. The first kappa shape index (κ1) is 13.0. The fourth-order valence-electron chi connectivity index (χ4n) is 1.48. The quantitative estimate of drug-likeness (QED) is 0.780. The Bertz CT molecular complexity index is 337. The van der Waals surface area contributed by atoms with Gasteiger partial charge in [-0.3, -0.25) is 0 Å². The van der Waals surface area contributed by atoms with Crippen molar-refractivity contribution in [2.24, 2.45) is 0 Å². The third-order valence-electron chi connectivity index (χ3n) is 2.31. The minimum absolute atomic E-state index is 0.361. The molecule has 0 heterocycles. The van der Waals surface area contributed by atoms with Gasteiger partial charge in [0, 0.05) is 7.11 Å². The van der Waals surface area contributed by atoms with Crippen LogP contribution in [0.5, 0.6) is 0 Å². The monoisotopic (exact) mass is 236 g/mol. The average molecular weight is 236 g/mol. The maximum absolute atomic E-state index is 12.9. The highest BCUT2D eigenvalue weighted by molar-refractivity contribution is 5.25. The highest BCUT2D eigenvalue weighted by atomic mass is 19.4. The van der Waals surface area contributed by atoms with E-state index in [0.717, 1.165) is 19.2 Å². The summed E-state index contributed by atoms with van der Waals surface area (Å²) in [5.41, 5.74) is -3.48. The van der Waals surface area contributed by atoms with E-state index >= 15 is 0 Å². The summed E-state index contributed by atoms with van der Waals surface area (Å²) in [6.07, 6.45) is -7.63. The van der Waals surface area contributed by atoms with Crippen molar-refractivity contribution in [2.45, 2.75) is 18.1 Å². The molecule has 3 nitrogen and oxygen atoms in total. The largest absolute Gasteiger partial charge is 0.426 e. The van der Waals surface area contributed by atoms with Crippen molar-refractivity contribution in [3.8, 4) is 0 Å². The third kappa shape index (κ3) is 1.91. The van der Waals surface area contributed by atoms with Crippen molar-refractivity contribution in [1.29, 1.82) is 0 Å². The molecule has 0 aromatic heterocycles. The zero-order valence-corrected chi connectivity index (χ0v) is 8.40. The lowest BCUT2D eigenvalue weighted by molar-refractivity contribution is -0.342. The summed E-state index contributed by atoms with van der Waals surface area (Å²) in [4.78, 5) is 0. The lowest BCUT2D eigenvalue weighted by Gasteiger charge is -2.35. The second-order valence-electron chi connectivity index (χ2n) is 3.18. The van der Waals surface area contributed by atoms with Gasteiger partial charge in [-0.05, 0) is 5.56 Å². The highest BCUT2D eigenvalue weighted by Crippen LogP contribution is 2.43. The van der Waals surface area contributed by atoms with Crippen molar-refractivity contribution in [3.63, 3.8) is 0 Å². The van der Waals surface area contributed by atoms with Gasteiger partial charge in [0.1, 0.15) is 0 Å². The van der Waals surface area contributed by atoms with E-state index in [2.05, 4.69) is 4.74 Å². The predicted octanol–water partition coefficient (Wildman–Crippen LogP) is 1.40. The Kier molecular flexibility index (Phi) is 3.57. The number of benzene rings is 1. The van der Waals surface area contributed by atoms with Crippen molar-refractivity contribution < 1.29 is 28.1 Å². The Labute approximate surface area is 90.1 Å². The first-order valence-electron chi connectivity index (χ1n) is 4.40. The molecule has 0 aliphatic carbocycles. The van der Waals surface area contributed by atoms with E-state index in [0.29, 0.717) is 0 Å². The van der Waals surface area contributed by atoms with Gasteiger partial charge in [-0.2, -0.15) is 13.2 Å². The van der Waals surface area contributed by atoms with E-state index in [1.54, 1.807) is 0 Å². The standard InChI is InChI=1S/C10H11F3O3/c1-16-9(8(14)15,10(11,12)13)7-5-3-2-4-6-7/h2-6,8,14-15H,1H3/t9-/m1/s1. The van der Waals surface area contributed by atoms with Crippen LogP contribution in [0.3, 0.4) is 0 Å². The summed E-state index contributed by atoms with van der Waals surface area (Å²) in [6.45, 7) is 0. The van der Waals surface area contributed by atoms with Gasteiger partial charge in [-0.15, -0.1) is 0 Å². The zero-order chi connectivity index (χ0) is 12.4. The molecule has 1 atom stereocenters. The maximum Gasteiger partial charge on any atom is 0.426 e. The van der Waals surface area contributed by atoms with Gasteiger partial charge in [0.05, 0.1) is 0 Å². The van der Waals surface area contributed by atoms with Gasteiger partial charge in [0.2, 0.25) is 5.60 Å². The minimum Gasteiger partial charge on any atom is -0.365 e. The maximum atomic E-state index is 12.9. The van der Waals surface area contributed by atoms with Crippen LogP contribution < -0.4 is 0 Å². The van der Waals surface area contributed by atoms with Crippen molar-refractivity contribution in [2.75, 3.05) is 7.11 Å². The smallest absolute Gasteiger partial charge is 0.365 e. The minimum atomic E-state index is -4.93. The second-order valence-corrected chi connectivity index (χ2v) is 3.18. The summed E-state index contributed by atoms with van der Waals surface area (Å²) >= 11 is 0. The SMILES string of the molecule is CO[C@](c1ccccc1)(C(O)O)C(F)(F)F. The normalized spacial score (nSPS) is 16.2. The van der Waals surface area contributed by atoms with Crippen LogP contribution >= 0.6 is 0 Å². The van der Waals surface area contributed by atoms with Crippen LogP contribution in [-0.4, -0.2) is 29.8 Å². The Morgan fingerprint density at radius 3 is 1.94 bits per heavy atom. The molecule has 0 spiro atoms. The fourth-order valence-corrected chi connectivity index (χ4v) is 1.48. The summed E-state index contributed by atoms with van der Waals surface area (Å²) in [5.74, 6) is 0. The van der Waals surface area contributed by atoms with Crippen LogP contribution in [0.4, 0.5) is 13.2 Å².